The van der Waals surface area contributed by atoms with Gasteiger partial charge in [-0.1, -0.05) is 12.2 Å². The molecule has 12 nitrogen and oxygen atoms in total. The number of nitrogens with zero attached hydrogens (tertiary/aromatic N) is 1. The van der Waals surface area contributed by atoms with Gasteiger partial charge in [-0.2, -0.15) is 11.0 Å². The van der Waals surface area contributed by atoms with Crippen molar-refractivity contribution in [1.82, 2.24) is 11.0 Å². The van der Waals surface area contributed by atoms with E-state index >= 15 is 0 Å². The maximum absolute atomic E-state index is 13.5. The molecule has 4 atom stereocenters. The van der Waals surface area contributed by atoms with Crippen molar-refractivity contribution >= 4 is 29.8 Å². The maximum atomic E-state index is 13.5. The number of hydroxylamine groups is 2. The van der Waals surface area contributed by atoms with E-state index in [9.17, 15) is 28.0 Å². The first-order valence-corrected chi connectivity index (χ1v) is 13.2. The van der Waals surface area contributed by atoms with Gasteiger partial charge < -0.3 is 23.9 Å². The molecular weight excluding hydrogens is 560 g/mol. The number of aliphatic imine (C=N–C) groups is 1. The summed E-state index contributed by atoms with van der Waals surface area (Å²) in [5, 5.41) is 0. The summed E-state index contributed by atoms with van der Waals surface area (Å²) >= 11 is 0. The fourth-order valence-corrected chi connectivity index (χ4v) is 3.80. The zero-order chi connectivity index (χ0) is 31.2. The number of fused-ring (bicyclic) bond motifs is 2. The van der Waals surface area contributed by atoms with Crippen molar-refractivity contribution in [3.05, 3.63) is 47.5 Å². The standard InChI is InChI=1S/C28H35F2N3O9/c1-27(2,3)24(36)41-32-26(33-42-25(37)28(4,5)6)31-9-10-38-22(34)20-18-7-8-19(40-18)21(20)23(35)39-14-15-11-16(29)13-17(30)12-15/h7-8,11-13,18-21H,9-10,14H2,1-6H3,(H2,31,32,33). The smallest absolute Gasteiger partial charge is 0.337 e. The predicted molar refractivity (Wildman–Crippen MR) is 142 cm³/mol. The van der Waals surface area contributed by atoms with E-state index in [2.05, 4.69) is 16.0 Å². The molecule has 1 saturated heterocycles. The van der Waals surface area contributed by atoms with Gasteiger partial charge in [0, 0.05) is 6.07 Å². The summed E-state index contributed by atoms with van der Waals surface area (Å²) in [4.78, 5) is 64.1. The first kappa shape index (κ1) is 32.4. The van der Waals surface area contributed by atoms with Crippen molar-refractivity contribution < 1.29 is 51.8 Å². The molecule has 0 amide bonds. The van der Waals surface area contributed by atoms with E-state index in [-0.39, 0.29) is 24.7 Å². The number of carbonyl (C=O) groups is 4. The summed E-state index contributed by atoms with van der Waals surface area (Å²) in [6, 6.07) is 2.76. The Morgan fingerprint density at radius 2 is 1.29 bits per heavy atom. The van der Waals surface area contributed by atoms with Gasteiger partial charge in [-0.25, -0.2) is 23.4 Å². The van der Waals surface area contributed by atoms with Gasteiger partial charge in [0.25, 0.3) is 5.96 Å². The van der Waals surface area contributed by atoms with E-state index in [4.69, 9.17) is 23.9 Å². The topological polar surface area (TPSA) is 151 Å². The molecule has 1 fully saturated rings. The molecule has 2 aliphatic heterocycles. The second-order valence-electron chi connectivity index (χ2n) is 11.8. The number of hydrogen-bond acceptors (Lipinski definition) is 10. The third-order valence-corrected chi connectivity index (χ3v) is 6.06. The molecule has 0 spiro atoms. The summed E-state index contributed by atoms with van der Waals surface area (Å²) in [5.41, 5.74) is 3.02. The minimum absolute atomic E-state index is 0.108. The number of carbonyl (C=O) groups excluding carboxylic acids is 4. The zero-order valence-electron chi connectivity index (χ0n) is 24.2. The van der Waals surface area contributed by atoms with Crippen LogP contribution in [0.1, 0.15) is 47.1 Å². The Bertz CT molecular complexity index is 1200. The Kier molecular flexibility index (Phi) is 10.3. The van der Waals surface area contributed by atoms with Crippen LogP contribution in [0.3, 0.4) is 0 Å². The van der Waals surface area contributed by atoms with E-state index in [0.29, 0.717) is 6.07 Å². The highest BCUT2D eigenvalue weighted by atomic mass is 19.1. The van der Waals surface area contributed by atoms with Gasteiger partial charge in [-0.15, -0.1) is 0 Å². The Hall–Kier alpha value is -4.07. The van der Waals surface area contributed by atoms with Crippen LogP contribution >= 0.6 is 0 Å². The molecule has 14 heteroatoms. The summed E-state index contributed by atoms with van der Waals surface area (Å²) in [5.74, 6) is -6.67. The first-order valence-electron chi connectivity index (χ1n) is 13.2. The van der Waals surface area contributed by atoms with Crippen LogP contribution in [0.15, 0.2) is 35.3 Å². The highest BCUT2D eigenvalue weighted by Gasteiger charge is 2.54. The minimum atomic E-state index is -1.03. The van der Waals surface area contributed by atoms with Crippen molar-refractivity contribution in [3.8, 4) is 0 Å². The third kappa shape index (κ3) is 8.71. The first-order chi connectivity index (χ1) is 19.6. The van der Waals surface area contributed by atoms with E-state index < -0.39 is 77.0 Å². The highest BCUT2D eigenvalue weighted by molar-refractivity contribution is 5.85. The second-order valence-corrected chi connectivity index (χ2v) is 11.8. The zero-order valence-corrected chi connectivity index (χ0v) is 24.2. The van der Waals surface area contributed by atoms with Gasteiger partial charge in [0.15, 0.2) is 0 Å². The lowest BCUT2D eigenvalue weighted by molar-refractivity contribution is -0.160. The summed E-state index contributed by atoms with van der Waals surface area (Å²) in [6.45, 7) is 9.02. The van der Waals surface area contributed by atoms with Crippen LogP contribution in [0.5, 0.6) is 0 Å². The van der Waals surface area contributed by atoms with E-state index in [0.717, 1.165) is 12.1 Å². The quantitative estimate of drug-likeness (QED) is 0.0911. The Morgan fingerprint density at radius 3 is 1.76 bits per heavy atom. The van der Waals surface area contributed by atoms with Gasteiger partial charge in [0.1, 0.15) is 36.7 Å². The number of ether oxygens (including phenoxy) is 3. The summed E-state index contributed by atoms with van der Waals surface area (Å²) in [7, 11) is 0. The molecule has 42 heavy (non-hydrogen) atoms. The Morgan fingerprint density at radius 1 is 0.810 bits per heavy atom. The lowest BCUT2D eigenvalue weighted by Crippen LogP contribution is -2.43. The third-order valence-electron chi connectivity index (χ3n) is 6.06. The largest absolute Gasteiger partial charge is 0.463 e. The molecule has 2 N–H and O–H groups in total. The number of halogens is 2. The van der Waals surface area contributed by atoms with E-state index in [1.165, 1.54) is 0 Å². The van der Waals surface area contributed by atoms with Crippen LogP contribution < -0.4 is 11.0 Å². The normalized spacial score (nSPS) is 20.9. The molecule has 2 heterocycles. The van der Waals surface area contributed by atoms with Gasteiger partial charge in [0.2, 0.25) is 0 Å². The highest BCUT2D eigenvalue weighted by Crippen LogP contribution is 2.40. The fraction of sp³-hybridized carbons (Fsp3) is 0.536. The number of nitrogens with one attached hydrogen (secondary N) is 2. The van der Waals surface area contributed by atoms with Gasteiger partial charge in [-0.05, 0) is 59.2 Å². The molecule has 2 aliphatic rings. The van der Waals surface area contributed by atoms with Crippen molar-refractivity contribution in [2.45, 2.75) is 60.4 Å². The van der Waals surface area contributed by atoms with Crippen molar-refractivity contribution in [1.29, 1.82) is 0 Å². The number of benzene rings is 1. The van der Waals surface area contributed by atoms with Crippen LogP contribution in [-0.4, -0.2) is 55.2 Å². The molecule has 0 radical (unpaired) electrons. The predicted octanol–water partition coefficient (Wildman–Crippen LogP) is 2.66. The van der Waals surface area contributed by atoms with Crippen LogP contribution in [-0.2, 0) is 49.7 Å². The minimum Gasteiger partial charge on any atom is -0.463 e. The average Bonchev–Trinajstić information content (AvgIpc) is 3.50. The fourth-order valence-electron chi connectivity index (χ4n) is 3.80. The van der Waals surface area contributed by atoms with Crippen LogP contribution in [0, 0.1) is 34.3 Å². The van der Waals surface area contributed by atoms with E-state index in [1.807, 2.05) is 0 Å². The molecule has 1 aromatic carbocycles. The molecule has 2 bridgehead atoms. The lowest BCUT2D eigenvalue weighted by atomic mass is 9.83. The van der Waals surface area contributed by atoms with Gasteiger partial charge in [0.05, 0.1) is 29.6 Å². The van der Waals surface area contributed by atoms with Gasteiger partial charge >= 0.3 is 23.9 Å². The van der Waals surface area contributed by atoms with Crippen LogP contribution in [0.4, 0.5) is 8.78 Å². The SMILES string of the molecule is CC(C)(C)C(=O)ONC(=NCCOC(=O)C1C2C=CC(O2)C1C(=O)OCc1cc(F)cc(F)c1)NOC(=O)C(C)(C)C. The number of guanidine groups is 1. The van der Waals surface area contributed by atoms with Crippen molar-refractivity contribution in [2.24, 2.45) is 27.7 Å². The number of hydrogen-bond donors (Lipinski definition) is 2. The Balaban J connectivity index is 1.58. The molecule has 230 valence electrons. The molecule has 1 aromatic rings. The van der Waals surface area contributed by atoms with Gasteiger partial charge in [-0.3, -0.25) is 9.59 Å². The molecule has 3 rings (SSSR count). The number of esters is 2. The van der Waals surface area contributed by atoms with Crippen molar-refractivity contribution in [3.63, 3.8) is 0 Å². The molecule has 0 saturated carbocycles. The van der Waals surface area contributed by atoms with Crippen LogP contribution in [0.25, 0.3) is 0 Å². The average molecular weight is 596 g/mol. The molecular formula is C28H35F2N3O9. The Labute approximate surface area is 241 Å². The second kappa shape index (κ2) is 13.3. The number of rotatable bonds is 7. The molecule has 4 unspecified atom stereocenters. The summed E-state index contributed by atoms with van der Waals surface area (Å²) < 4.78 is 43.1. The summed E-state index contributed by atoms with van der Waals surface area (Å²) in [6.07, 6.45) is 1.83. The lowest BCUT2D eigenvalue weighted by Gasteiger charge is -2.22. The molecule has 0 aromatic heterocycles. The monoisotopic (exact) mass is 595 g/mol. The maximum Gasteiger partial charge on any atom is 0.337 e. The van der Waals surface area contributed by atoms with Crippen molar-refractivity contribution in [2.75, 3.05) is 13.2 Å². The molecule has 0 aliphatic carbocycles. The van der Waals surface area contributed by atoms with Crippen LogP contribution in [0.2, 0.25) is 0 Å². The van der Waals surface area contributed by atoms with E-state index in [1.54, 1.807) is 53.7 Å².